The Morgan fingerprint density at radius 3 is 2.61 bits per heavy atom. The quantitative estimate of drug-likeness (QED) is 0.723. The molecule has 0 saturated heterocycles. The molecule has 0 spiro atoms. The molecule has 0 aliphatic carbocycles. The summed E-state index contributed by atoms with van der Waals surface area (Å²) in [6.45, 7) is 0.406. The number of aliphatic hydroxyl groups excluding tert-OH is 1. The lowest BCUT2D eigenvalue weighted by Gasteiger charge is -2.20. The fourth-order valence-corrected chi connectivity index (χ4v) is 1.27. The maximum Gasteiger partial charge on any atom is 0.254 e. The molecule has 0 aliphatic rings. The van der Waals surface area contributed by atoms with Crippen LogP contribution in [0.5, 0.6) is 0 Å². The van der Waals surface area contributed by atoms with Crippen LogP contribution in [-0.2, 0) is 0 Å². The first-order valence-electron chi connectivity index (χ1n) is 5.03. The molecular weight excluding hydrogens is 268 g/mol. The Balaban J connectivity index is 2.82. The molecule has 0 bridgehead atoms. The molecule has 1 atom stereocenters. The van der Waals surface area contributed by atoms with Gasteiger partial charge in [-0.1, -0.05) is 11.6 Å². The number of carbonyl (C=O) groups is 1. The monoisotopic (exact) mass is 279 g/mol. The first-order valence-corrected chi connectivity index (χ1v) is 5.40. The Hall–Kier alpha value is -1.24. The fraction of sp³-hybridized carbons (Fsp3) is 0.364. The fourth-order valence-electron chi connectivity index (χ4n) is 1.12. The highest BCUT2D eigenvalue weighted by Gasteiger charge is 2.22. The Morgan fingerprint density at radius 2 is 2.06 bits per heavy atom. The highest BCUT2D eigenvalue weighted by Crippen LogP contribution is 2.19. The number of carbonyl (C=O) groups excluding carboxylic acids is 1. The van der Waals surface area contributed by atoms with E-state index in [1.54, 1.807) is 0 Å². The van der Waals surface area contributed by atoms with Gasteiger partial charge in [0, 0.05) is 6.54 Å². The number of benzene rings is 1. The minimum atomic E-state index is -1.53. The van der Waals surface area contributed by atoms with E-state index in [9.17, 15) is 18.7 Å². The van der Waals surface area contributed by atoms with Crippen molar-refractivity contribution < 1.29 is 23.8 Å². The van der Waals surface area contributed by atoms with E-state index in [-0.39, 0.29) is 6.54 Å². The normalized spacial score (nSPS) is 14.1. The molecule has 1 amide bonds. The van der Waals surface area contributed by atoms with Crippen molar-refractivity contribution in [3.63, 3.8) is 0 Å². The molecule has 0 fully saturated rings. The summed E-state index contributed by atoms with van der Waals surface area (Å²) in [5.41, 5.74) is -2.05. The molecule has 0 saturated carbocycles. The Labute approximate surface area is 107 Å². The smallest absolute Gasteiger partial charge is 0.254 e. The summed E-state index contributed by atoms with van der Waals surface area (Å²) in [7, 11) is 0. The van der Waals surface area contributed by atoms with Crippen molar-refractivity contribution in [2.75, 3.05) is 13.2 Å². The van der Waals surface area contributed by atoms with Gasteiger partial charge in [0.05, 0.1) is 17.2 Å². The number of hydrogen-bond acceptors (Lipinski definition) is 3. The third-order valence-electron chi connectivity index (χ3n) is 2.22. The van der Waals surface area contributed by atoms with Crippen molar-refractivity contribution in [1.82, 2.24) is 5.32 Å². The van der Waals surface area contributed by atoms with Gasteiger partial charge < -0.3 is 15.5 Å². The van der Waals surface area contributed by atoms with Crippen LogP contribution in [0.2, 0.25) is 5.02 Å². The second-order valence-corrected chi connectivity index (χ2v) is 4.49. The molecule has 1 unspecified atom stereocenters. The molecule has 100 valence electrons. The van der Waals surface area contributed by atoms with Crippen LogP contribution in [0.3, 0.4) is 0 Å². The predicted octanol–water partition coefficient (Wildman–Crippen LogP) is 1.09. The van der Waals surface area contributed by atoms with Crippen LogP contribution in [0.4, 0.5) is 8.78 Å². The zero-order valence-electron chi connectivity index (χ0n) is 9.51. The Bertz CT molecular complexity index is 466. The van der Waals surface area contributed by atoms with E-state index >= 15 is 0 Å². The molecule has 0 aromatic heterocycles. The SMILES string of the molecule is CC(O)(CO)CNC(=O)c1cc(F)c(Cl)cc1F. The van der Waals surface area contributed by atoms with Crippen LogP contribution in [0.1, 0.15) is 17.3 Å². The van der Waals surface area contributed by atoms with Gasteiger partial charge in [-0.2, -0.15) is 0 Å². The second kappa shape index (κ2) is 5.60. The number of nitrogens with one attached hydrogen (secondary N) is 1. The van der Waals surface area contributed by atoms with E-state index in [2.05, 4.69) is 5.32 Å². The van der Waals surface area contributed by atoms with Crippen molar-refractivity contribution in [3.05, 3.63) is 34.4 Å². The van der Waals surface area contributed by atoms with E-state index in [4.69, 9.17) is 16.7 Å². The minimum absolute atomic E-state index is 0.300. The van der Waals surface area contributed by atoms with Gasteiger partial charge in [0.2, 0.25) is 0 Å². The predicted molar refractivity (Wildman–Crippen MR) is 61.4 cm³/mol. The van der Waals surface area contributed by atoms with Crippen molar-refractivity contribution in [1.29, 1.82) is 0 Å². The van der Waals surface area contributed by atoms with Gasteiger partial charge in [0.1, 0.15) is 17.2 Å². The zero-order valence-corrected chi connectivity index (χ0v) is 10.3. The molecule has 18 heavy (non-hydrogen) atoms. The van der Waals surface area contributed by atoms with Crippen molar-refractivity contribution in [2.45, 2.75) is 12.5 Å². The topological polar surface area (TPSA) is 69.6 Å². The number of halogens is 3. The Morgan fingerprint density at radius 1 is 1.44 bits per heavy atom. The number of rotatable bonds is 4. The van der Waals surface area contributed by atoms with Crippen molar-refractivity contribution >= 4 is 17.5 Å². The average molecular weight is 280 g/mol. The van der Waals surface area contributed by atoms with E-state index < -0.39 is 40.3 Å². The summed E-state index contributed by atoms with van der Waals surface area (Å²) in [5, 5.41) is 19.9. The summed E-state index contributed by atoms with van der Waals surface area (Å²) < 4.78 is 26.5. The molecule has 1 rings (SSSR count). The molecule has 7 heteroatoms. The van der Waals surface area contributed by atoms with Crippen LogP contribution in [0, 0.1) is 11.6 Å². The molecule has 3 N–H and O–H groups in total. The summed E-state index contributed by atoms with van der Waals surface area (Å²) in [6, 6.07) is 1.36. The first kappa shape index (κ1) is 14.8. The first-order chi connectivity index (χ1) is 8.26. The summed E-state index contributed by atoms with van der Waals surface area (Å²) in [6.07, 6.45) is 0. The number of amides is 1. The lowest BCUT2D eigenvalue weighted by molar-refractivity contribution is 0.00316. The van der Waals surface area contributed by atoms with E-state index in [0.29, 0.717) is 12.1 Å². The highest BCUT2D eigenvalue weighted by atomic mass is 35.5. The van der Waals surface area contributed by atoms with Crippen LogP contribution < -0.4 is 5.32 Å². The lowest BCUT2D eigenvalue weighted by atomic mass is 10.1. The number of aliphatic hydroxyl groups is 2. The lowest BCUT2D eigenvalue weighted by Crippen LogP contribution is -2.43. The van der Waals surface area contributed by atoms with Gasteiger partial charge in [0.15, 0.2) is 0 Å². The van der Waals surface area contributed by atoms with Crippen LogP contribution in [-0.4, -0.2) is 34.9 Å². The highest BCUT2D eigenvalue weighted by molar-refractivity contribution is 6.30. The third-order valence-corrected chi connectivity index (χ3v) is 2.51. The average Bonchev–Trinajstić information content (AvgIpc) is 2.31. The number of hydrogen-bond donors (Lipinski definition) is 3. The second-order valence-electron chi connectivity index (χ2n) is 4.08. The molecule has 1 aromatic rings. The van der Waals surface area contributed by atoms with E-state index in [1.165, 1.54) is 6.92 Å². The molecule has 1 aromatic carbocycles. The van der Waals surface area contributed by atoms with Gasteiger partial charge in [-0.25, -0.2) is 8.78 Å². The summed E-state index contributed by atoms with van der Waals surface area (Å²) >= 11 is 5.34. The molecule has 0 heterocycles. The largest absolute Gasteiger partial charge is 0.393 e. The van der Waals surface area contributed by atoms with Gasteiger partial charge in [0.25, 0.3) is 5.91 Å². The van der Waals surface area contributed by atoms with E-state index in [1.807, 2.05) is 0 Å². The van der Waals surface area contributed by atoms with Crippen molar-refractivity contribution in [2.24, 2.45) is 0 Å². The maximum absolute atomic E-state index is 13.4. The minimum Gasteiger partial charge on any atom is -0.393 e. The van der Waals surface area contributed by atoms with Crippen molar-refractivity contribution in [3.8, 4) is 0 Å². The summed E-state index contributed by atoms with van der Waals surface area (Å²) in [4.78, 5) is 11.5. The van der Waals surface area contributed by atoms with Gasteiger partial charge in [-0.15, -0.1) is 0 Å². The van der Waals surface area contributed by atoms with Crippen LogP contribution in [0.15, 0.2) is 12.1 Å². The molecule has 4 nitrogen and oxygen atoms in total. The van der Waals surface area contributed by atoms with Gasteiger partial charge in [-0.3, -0.25) is 4.79 Å². The van der Waals surface area contributed by atoms with Gasteiger partial charge in [-0.05, 0) is 19.1 Å². The maximum atomic E-state index is 13.4. The standard InChI is InChI=1S/C11H12ClF2NO3/c1-11(18,5-16)4-15-10(17)6-2-9(14)7(12)3-8(6)13/h2-3,16,18H,4-5H2,1H3,(H,15,17). The van der Waals surface area contributed by atoms with Gasteiger partial charge >= 0.3 is 0 Å². The van der Waals surface area contributed by atoms with Crippen LogP contribution >= 0.6 is 11.6 Å². The zero-order chi connectivity index (χ0) is 13.9. The molecule has 0 radical (unpaired) electrons. The Kier molecular flexibility index (Phi) is 4.61. The molecule has 0 aliphatic heterocycles. The summed E-state index contributed by atoms with van der Waals surface area (Å²) in [5.74, 6) is -2.79. The van der Waals surface area contributed by atoms with Crippen LogP contribution in [0.25, 0.3) is 0 Å². The molecular formula is C11H12ClF2NO3. The third kappa shape index (κ3) is 3.63. The van der Waals surface area contributed by atoms with E-state index in [0.717, 1.165) is 0 Å².